The van der Waals surface area contributed by atoms with Gasteiger partial charge in [0.05, 0.1) is 13.7 Å². The number of likely N-dealkylation sites (N-methyl/N-ethyl adjacent to an activating group) is 2. The predicted molar refractivity (Wildman–Crippen MR) is 92.2 cm³/mol. The van der Waals surface area contributed by atoms with Gasteiger partial charge in [0.2, 0.25) is 5.91 Å². The monoisotopic (exact) mass is 330 g/mol. The van der Waals surface area contributed by atoms with E-state index >= 15 is 0 Å². The number of ether oxygens (including phenoxy) is 1. The third-order valence-electron chi connectivity index (χ3n) is 3.75. The zero-order chi connectivity index (χ0) is 17.5. The molecule has 0 spiro atoms. The number of rotatable bonds is 7. The van der Waals surface area contributed by atoms with Gasteiger partial charge < -0.3 is 9.64 Å². The van der Waals surface area contributed by atoms with Crippen molar-refractivity contribution >= 4 is 5.91 Å². The van der Waals surface area contributed by atoms with Crippen LogP contribution in [0.4, 0.5) is 4.39 Å². The van der Waals surface area contributed by atoms with Crippen molar-refractivity contribution in [1.29, 1.82) is 0 Å². The van der Waals surface area contributed by atoms with Crippen molar-refractivity contribution in [2.45, 2.75) is 13.1 Å². The number of halogens is 1. The first-order chi connectivity index (χ1) is 11.5. The molecule has 0 aliphatic rings. The molecule has 2 aromatic rings. The van der Waals surface area contributed by atoms with Crippen LogP contribution in [0.5, 0.6) is 5.75 Å². The van der Waals surface area contributed by atoms with Gasteiger partial charge >= 0.3 is 0 Å². The number of carbonyl (C=O) groups excluding carboxylic acids is 1. The second-order valence-corrected chi connectivity index (χ2v) is 5.90. The highest BCUT2D eigenvalue weighted by Crippen LogP contribution is 2.14. The fraction of sp³-hybridized carbons (Fsp3) is 0.316. The summed E-state index contributed by atoms with van der Waals surface area (Å²) in [5, 5.41) is 0. The maximum atomic E-state index is 12.9. The third kappa shape index (κ3) is 5.35. The van der Waals surface area contributed by atoms with E-state index in [0.29, 0.717) is 19.6 Å². The molecule has 0 N–H and O–H groups in total. The first kappa shape index (κ1) is 17.9. The molecule has 2 aromatic carbocycles. The summed E-state index contributed by atoms with van der Waals surface area (Å²) in [6.45, 7) is 1.44. The number of methoxy groups -OCH3 is 1. The van der Waals surface area contributed by atoms with Gasteiger partial charge in [-0.15, -0.1) is 0 Å². The minimum absolute atomic E-state index is 0.0183. The zero-order valence-corrected chi connectivity index (χ0v) is 14.3. The van der Waals surface area contributed by atoms with E-state index in [9.17, 15) is 9.18 Å². The SMILES string of the molecule is COc1cccc(CN(C)CC(=O)N(C)Cc2ccc(F)cc2)c1. The molecule has 0 saturated heterocycles. The predicted octanol–water partition coefficient (Wildman–Crippen LogP) is 2.92. The minimum atomic E-state index is -0.272. The highest BCUT2D eigenvalue weighted by atomic mass is 19.1. The van der Waals surface area contributed by atoms with Gasteiger partial charge in [0, 0.05) is 20.1 Å². The van der Waals surface area contributed by atoms with Gasteiger partial charge in [0.15, 0.2) is 0 Å². The summed E-state index contributed by atoms with van der Waals surface area (Å²) in [4.78, 5) is 15.9. The van der Waals surface area contributed by atoms with Crippen LogP contribution in [0.15, 0.2) is 48.5 Å². The van der Waals surface area contributed by atoms with Gasteiger partial charge in [0.1, 0.15) is 11.6 Å². The van der Waals surface area contributed by atoms with Crippen molar-refractivity contribution in [3.63, 3.8) is 0 Å². The average Bonchev–Trinajstić information content (AvgIpc) is 2.56. The van der Waals surface area contributed by atoms with Gasteiger partial charge in [-0.05, 0) is 42.4 Å². The molecule has 0 aliphatic heterocycles. The average molecular weight is 330 g/mol. The Bertz CT molecular complexity index is 673. The first-order valence-corrected chi connectivity index (χ1v) is 7.78. The lowest BCUT2D eigenvalue weighted by Crippen LogP contribution is -2.36. The molecular formula is C19H23FN2O2. The van der Waals surface area contributed by atoms with Crippen LogP contribution < -0.4 is 4.74 Å². The molecular weight excluding hydrogens is 307 g/mol. The van der Waals surface area contributed by atoms with E-state index in [1.54, 1.807) is 31.2 Å². The molecule has 0 atom stereocenters. The lowest BCUT2D eigenvalue weighted by Gasteiger charge is -2.22. The summed E-state index contributed by atoms with van der Waals surface area (Å²) in [5.41, 5.74) is 1.99. The molecule has 0 aromatic heterocycles. The molecule has 0 aliphatic carbocycles. The van der Waals surface area contributed by atoms with E-state index in [4.69, 9.17) is 4.74 Å². The molecule has 0 heterocycles. The Morgan fingerprint density at radius 3 is 2.42 bits per heavy atom. The Morgan fingerprint density at radius 2 is 1.75 bits per heavy atom. The van der Waals surface area contributed by atoms with Crippen LogP contribution in [0.2, 0.25) is 0 Å². The van der Waals surface area contributed by atoms with Crippen LogP contribution in [-0.2, 0) is 17.9 Å². The van der Waals surface area contributed by atoms with E-state index < -0.39 is 0 Å². The van der Waals surface area contributed by atoms with Crippen molar-refractivity contribution in [3.05, 3.63) is 65.5 Å². The number of nitrogens with zero attached hydrogens (tertiary/aromatic N) is 2. The van der Waals surface area contributed by atoms with Crippen molar-refractivity contribution in [2.75, 3.05) is 27.7 Å². The topological polar surface area (TPSA) is 32.8 Å². The number of hydrogen-bond donors (Lipinski definition) is 0. The minimum Gasteiger partial charge on any atom is -0.497 e. The molecule has 5 heteroatoms. The van der Waals surface area contributed by atoms with Crippen LogP contribution in [0, 0.1) is 5.82 Å². The lowest BCUT2D eigenvalue weighted by atomic mass is 10.2. The van der Waals surface area contributed by atoms with Gasteiger partial charge in [-0.3, -0.25) is 9.69 Å². The Labute approximate surface area is 142 Å². The Hall–Kier alpha value is -2.40. The first-order valence-electron chi connectivity index (χ1n) is 7.78. The van der Waals surface area contributed by atoms with Gasteiger partial charge in [0.25, 0.3) is 0 Å². The lowest BCUT2D eigenvalue weighted by molar-refractivity contribution is -0.131. The molecule has 1 amide bonds. The van der Waals surface area contributed by atoms with E-state index in [0.717, 1.165) is 16.9 Å². The summed E-state index contributed by atoms with van der Waals surface area (Å²) < 4.78 is 18.1. The molecule has 4 nitrogen and oxygen atoms in total. The Morgan fingerprint density at radius 1 is 1.04 bits per heavy atom. The van der Waals surface area contributed by atoms with Crippen molar-refractivity contribution < 1.29 is 13.9 Å². The quantitative estimate of drug-likeness (QED) is 0.782. The highest BCUT2D eigenvalue weighted by molar-refractivity contribution is 5.77. The van der Waals surface area contributed by atoms with Gasteiger partial charge in [-0.25, -0.2) is 4.39 Å². The van der Waals surface area contributed by atoms with E-state index in [1.165, 1.54) is 12.1 Å². The summed E-state index contributed by atoms with van der Waals surface area (Å²) in [7, 11) is 5.30. The van der Waals surface area contributed by atoms with Crippen LogP contribution in [-0.4, -0.2) is 43.5 Å². The van der Waals surface area contributed by atoms with Crippen LogP contribution in [0.3, 0.4) is 0 Å². The summed E-state index contributed by atoms with van der Waals surface area (Å²) in [5.74, 6) is 0.552. The zero-order valence-electron chi connectivity index (χ0n) is 14.3. The van der Waals surface area contributed by atoms with E-state index in [1.807, 2.05) is 36.2 Å². The Kier molecular flexibility index (Phi) is 6.32. The van der Waals surface area contributed by atoms with Crippen molar-refractivity contribution in [3.8, 4) is 5.75 Å². The van der Waals surface area contributed by atoms with Gasteiger partial charge in [-0.1, -0.05) is 24.3 Å². The van der Waals surface area contributed by atoms with Gasteiger partial charge in [-0.2, -0.15) is 0 Å². The van der Waals surface area contributed by atoms with Crippen LogP contribution >= 0.6 is 0 Å². The number of amides is 1. The maximum absolute atomic E-state index is 12.9. The largest absolute Gasteiger partial charge is 0.497 e. The number of hydrogen-bond acceptors (Lipinski definition) is 3. The van der Waals surface area contributed by atoms with E-state index in [-0.39, 0.29) is 11.7 Å². The van der Waals surface area contributed by atoms with Crippen molar-refractivity contribution in [1.82, 2.24) is 9.80 Å². The molecule has 0 bridgehead atoms. The molecule has 0 unspecified atom stereocenters. The molecule has 128 valence electrons. The summed E-state index contributed by atoms with van der Waals surface area (Å²) >= 11 is 0. The second-order valence-electron chi connectivity index (χ2n) is 5.90. The highest BCUT2D eigenvalue weighted by Gasteiger charge is 2.12. The van der Waals surface area contributed by atoms with E-state index in [2.05, 4.69) is 0 Å². The Balaban J connectivity index is 1.86. The smallest absolute Gasteiger partial charge is 0.236 e. The normalized spacial score (nSPS) is 10.7. The standard InChI is InChI=1S/C19H23FN2O2/c1-21(12-16-5-4-6-18(11-16)24-3)14-19(23)22(2)13-15-7-9-17(20)10-8-15/h4-11H,12-14H2,1-3H3. The third-order valence-corrected chi connectivity index (χ3v) is 3.75. The molecule has 0 radical (unpaired) electrons. The number of carbonyl (C=O) groups is 1. The number of benzene rings is 2. The molecule has 2 rings (SSSR count). The second kappa shape index (κ2) is 8.45. The van der Waals surface area contributed by atoms with Crippen LogP contribution in [0.25, 0.3) is 0 Å². The molecule has 0 fully saturated rings. The maximum Gasteiger partial charge on any atom is 0.236 e. The van der Waals surface area contributed by atoms with Crippen LogP contribution in [0.1, 0.15) is 11.1 Å². The fourth-order valence-electron chi connectivity index (χ4n) is 2.44. The summed E-state index contributed by atoms with van der Waals surface area (Å²) in [6, 6.07) is 14.0. The molecule has 24 heavy (non-hydrogen) atoms. The fourth-order valence-corrected chi connectivity index (χ4v) is 2.44. The summed E-state index contributed by atoms with van der Waals surface area (Å²) in [6.07, 6.45) is 0. The van der Waals surface area contributed by atoms with Crippen molar-refractivity contribution in [2.24, 2.45) is 0 Å². The molecule has 0 saturated carbocycles.